The highest BCUT2D eigenvalue weighted by Crippen LogP contribution is 2.40. The molecule has 34 heavy (non-hydrogen) atoms. The first-order chi connectivity index (χ1) is 15.3. The Bertz CT molecular complexity index is 914. The zero-order valence-corrected chi connectivity index (χ0v) is 25.8. The molecule has 0 amide bonds. The van der Waals surface area contributed by atoms with Crippen LogP contribution in [0.3, 0.4) is 0 Å². The molecule has 3 atom stereocenters. The molecule has 0 radical (unpaired) electrons. The molecule has 1 aromatic rings. The second-order valence-electron chi connectivity index (χ2n) is 12.6. The van der Waals surface area contributed by atoms with Crippen molar-refractivity contribution in [2.24, 2.45) is 5.92 Å². The van der Waals surface area contributed by atoms with Gasteiger partial charge >= 0.3 is 0 Å². The van der Waals surface area contributed by atoms with E-state index in [4.69, 9.17) is 17.8 Å². The third-order valence-electron chi connectivity index (χ3n) is 7.85. The summed E-state index contributed by atoms with van der Waals surface area (Å²) in [6.07, 6.45) is -0.902. The summed E-state index contributed by atoms with van der Waals surface area (Å²) in [5.41, 5.74) is 0.992. The molecule has 196 valence electrons. The molecule has 1 aromatic carbocycles. The van der Waals surface area contributed by atoms with Crippen molar-refractivity contribution >= 4 is 26.8 Å². The number of hydrogen-bond donors (Lipinski definition) is 0. The lowest BCUT2D eigenvalue weighted by molar-refractivity contribution is 0.0316. The minimum absolute atomic E-state index is 0.0456. The fourth-order valence-electron chi connectivity index (χ4n) is 3.14. The zero-order valence-electron chi connectivity index (χ0n) is 23.0. The molecular weight excluding hydrogens is 485 g/mol. The Morgan fingerprint density at radius 3 is 1.82 bits per heavy atom. The van der Waals surface area contributed by atoms with Crippen LogP contribution in [0.25, 0.3) is 0 Å². The van der Waals surface area contributed by atoms with Gasteiger partial charge in [-0.2, -0.15) is 8.42 Å². The lowest BCUT2D eigenvalue weighted by Crippen LogP contribution is -2.46. The summed E-state index contributed by atoms with van der Waals surface area (Å²) in [4.78, 5) is 0.156. The van der Waals surface area contributed by atoms with Crippen LogP contribution in [0, 0.1) is 12.8 Å². The first kappa shape index (κ1) is 29.7. The fourth-order valence-corrected chi connectivity index (χ4v) is 6.30. The first-order valence-electron chi connectivity index (χ1n) is 12.2. The van der Waals surface area contributed by atoms with Gasteiger partial charge in [-0.05, 0) is 55.3 Å². The minimum Gasteiger partial charge on any atom is -0.416 e. The van der Waals surface area contributed by atoms with Crippen molar-refractivity contribution in [2.75, 3.05) is 19.8 Å². The Morgan fingerprint density at radius 2 is 1.35 bits per heavy atom. The van der Waals surface area contributed by atoms with Gasteiger partial charge in [0.15, 0.2) is 16.6 Å². The second-order valence-corrected chi connectivity index (χ2v) is 23.8. The average molecular weight is 531 g/mol. The highest BCUT2D eigenvalue weighted by molar-refractivity contribution is 7.86. The van der Waals surface area contributed by atoms with Crippen LogP contribution in [0.1, 0.15) is 47.1 Å². The largest absolute Gasteiger partial charge is 0.416 e. The predicted octanol–water partition coefficient (Wildman–Crippen LogP) is 6.13. The second kappa shape index (κ2) is 10.4. The van der Waals surface area contributed by atoms with Gasteiger partial charge in [-0.3, -0.25) is 4.18 Å². The van der Waals surface area contributed by atoms with Crippen molar-refractivity contribution in [3.63, 3.8) is 0 Å². The molecule has 0 saturated carbocycles. The normalized spacial score (nSPS) is 22.9. The van der Waals surface area contributed by atoms with Crippen molar-refractivity contribution in [2.45, 2.75) is 102 Å². The molecule has 1 aliphatic rings. The van der Waals surface area contributed by atoms with Crippen LogP contribution >= 0.6 is 0 Å². The first-order valence-corrected chi connectivity index (χ1v) is 19.4. The van der Waals surface area contributed by atoms with Crippen LogP contribution < -0.4 is 0 Å². The summed E-state index contributed by atoms with van der Waals surface area (Å²) in [6, 6.07) is 6.71. The molecule has 0 N–H and O–H groups in total. The molecule has 6 nitrogen and oxygen atoms in total. The molecule has 2 rings (SSSR count). The van der Waals surface area contributed by atoms with Gasteiger partial charge in [0, 0.05) is 12.5 Å². The van der Waals surface area contributed by atoms with Gasteiger partial charge in [-0.1, -0.05) is 59.2 Å². The van der Waals surface area contributed by atoms with E-state index < -0.39 is 32.9 Å². The quantitative estimate of drug-likeness (QED) is 0.283. The number of hydrogen-bond acceptors (Lipinski definition) is 6. The van der Waals surface area contributed by atoms with E-state index in [1.807, 2.05) is 6.92 Å². The Kier molecular flexibility index (Phi) is 9.11. The zero-order chi connectivity index (χ0) is 26.2. The Balaban J connectivity index is 2.23. The average Bonchev–Trinajstić information content (AvgIpc) is 3.04. The van der Waals surface area contributed by atoms with Crippen LogP contribution in [0.15, 0.2) is 29.2 Å². The highest BCUT2D eigenvalue weighted by atomic mass is 32.2. The number of benzene rings is 1. The third-order valence-corrected chi connectivity index (χ3v) is 18.2. The Labute approximate surface area is 210 Å². The van der Waals surface area contributed by atoms with Crippen molar-refractivity contribution < 1.29 is 26.2 Å². The van der Waals surface area contributed by atoms with Crippen molar-refractivity contribution in [3.05, 3.63) is 29.8 Å². The maximum absolute atomic E-state index is 13.0. The molecule has 0 bridgehead atoms. The van der Waals surface area contributed by atoms with E-state index in [9.17, 15) is 8.42 Å². The van der Waals surface area contributed by atoms with Gasteiger partial charge in [-0.15, -0.1) is 0 Å². The van der Waals surface area contributed by atoms with E-state index in [-0.39, 0.29) is 33.6 Å². The lowest BCUT2D eigenvalue weighted by atomic mass is 10.0. The molecule has 0 unspecified atom stereocenters. The molecular formula is C25H46O6SSi2. The standard InChI is InChI=1S/C25H46O6SSi2/c1-19-12-14-20(15-13-19)32(26,27)31-23-17-28-22(18-30-34(10,11)25(5,6)7)21(23)16-29-33(8,9)24(2,3)4/h12-15,21-23H,16-18H2,1-11H3/t21-,22-,23+/m0/s1. The SMILES string of the molecule is Cc1ccc(S(=O)(=O)O[C@@H]2CO[C@@H](CO[Si](C)(C)C(C)(C)C)[C@@H]2CO[Si](C)(C)C(C)(C)C)cc1. The van der Waals surface area contributed by atoms with Gasteiger partial charge < -0.3 is 13.6 Å². The molecule has 1 fully saturated rings. The van der Waals surface area contributed by atoms with E-state index in [1.54, 1.807) is 24.3 Å². The molecule has 1 saturated heterocycles. The van der Waals surface area contributed by atoms with E-state index in [0.29, 0.717) is 13.2 Å². The van der Waals surface area contributed by atoms with E-state index in [0.717, 1.165) is 5.56 Å². The van der Waals surface area contributed by atoms with Gasteiger partial charge in [0.2, 0.25) is 0 Å². The third kappa shape index (κ3) is 7.24. The molecule has 1 aliphatic heterocycles. The minimum atomic E-state index is -3.92. The van der Waals surface area contributed by atoms with Crippen LogP contribution in [0.2, 0.25) is 36.3 Å². The Morgan fingerprint density at radius 1 is 0.882 bits per heavy atom. The summed E-state index contributed by atoms with van der Waals surface area (Å²) in [6.45, 7) is 24.9. The molecule has 0 aromatic heterocycles. The molecule has 1 heterocycles. The summed E-state index contributed by atoms with van der Waals surface area (Å²) < 4.78 is 50.9. The highest BCUT2D eigenvalue weighted by Gasteiger charge is 2.46. The topological polar surface area (TPSA) is 71.1 Å². The van der Waals surface area contributed by atoms with E-state index in [1.165, 1.54) is 0 Å². The maximum Gasteiger partial charge on any atom is 0.297 e. The van der Waals surface area contributed by atoms with Gasteiger partial charge in [-0.25, -0.2) is 0 Å². The van der Waals surface area contributed by atoms with Gasteiger partial charge in [0.1, 0.15) is 6.10 Å². The molecule has 9 heteroatoms. The van der Waals surface area contributed by atoms with Crippen LogP contribution in [-0.2, 0) is 27.9 Å². The number of rotatable bonds is 9. The van der Waals surface area contributed by atoms with E-state index in [2.05, 4.69) is 67.7 Å². The molecule has 0 aliphatic carbocycles. The predicted molar refractivity (Wildman–Crippen MR) is 143 cm³/mol. The van der Waals surface area contributed by atoms with Crippen molar-refractivity contribution in [1.82, 2.24) is 0 Å². The smallest absolute Gasteiger partial charge is 0.297 e. The monoisotopic (exact) mass is 530 g/mol. The Hall–Kier alpha value is -0.556. The van der Waals surface area contributed by atoms with Gasteiger partial charge in [0.05, 0.1) is 24.2 Å². The number of ether oxygens (including phenoxy) is 1. The molecule has 0 spiro atoms. The van der Waals surface area contributed by atoms with Crippen LogP contribution in [-0.4, -0.2) is 57.1 Å². The summed E-state index contributed by atoms with van der Waals surface area (Å²) >= 11 is 0. The van der Waals surface area contributed by atoms with E-state index >= 15 is 0 Å². The maximum atomic E-state index is 13.0. The summed E-state index contributed by atoms with van der Waals surface area (Å²) in [5, 5.41) is 0.118. The summed E-state index contributed by atoms with van der Waals surface area (Å²) in [7, 11) is -7.95. The number of aryl methyl sites for hydroxylation is 1. The lowest BCUT2D eigenvalue weighted by Gasteiger charge is -2.39. The van der Waals surface area contributed by atoms with Crippen molar-refractivity contribution in [1.29, 1.82) is 0 Å². The van der Waals surface area contributed by atoms with Crippen LogP contribution in [0.4, 0.5) is 0 Å². The summed E-state index contributed by atoms with van der Waals surface area (Å²) in [5.74, 6) is -0.237. The van der Waals surface area contributed by atoms with Crippen LogP contribution in [0.5, 0.6) is 0 Å². The fraction of sp³-hybridized carbons (Fsp3) is 0.760. The van der Waals surface area contributed by atoms with Crippen molar-refractivity contribution in [3.8, 4) is 0 Å². The van der Waals surface area contributed by atoms with Gasteiger partial charge in [0.25, 0.3) is 10.1 Å².